The molecule has 0 radical (unpaired) electrons. The molecule has 2 aromatic rings. The van der Waals surface area contributed by atoms with Crippen molar-refractivity contribution in [3.8, 4) is 0 Å². The van der Waals surface area contributed by atoms with Crippen molar-refractivity contribution in [2.24, 2.45) is 0 Å². The van der Waals surface area contributed by atoms with E-state index in [1.54, 1.807) is 0 Å². The topological polar surface area (TPSA) is 17.1 Å². The van der Waals surface area contributed by atoms with Crippen LogP contribution in [0.15, 0.2) is 42.5 Å². The Morgan fingerprint density at radius 2 is 1.22 bits per heavy atom. The highest BCUT2D eigenvalue weighted by atomic mass is 19.4. The van der Waals surface area contributed by atoms with E-state index < -0.39 is 23.5 Å². The number of alkyl halides is 6. The SMILES string of the molecule is O=Cc1ccc(Cc2cc(C(F)(F)F)cc(C(F)(F)F)c2)cc1. The van der Waals surface area contributed by atoms with Crippen LogP contribution in [0.2, 0.25) is 0 Å². The molecule has 2 aromatic carbocycles. The molecule has 0 heterocycles. The van der Waals surface area contributed by atoms with E-state index in [9.17, 15) is 31.1 Å². The molecule has 0 aliphatic heterocycles. The molecule has 0 unspecified atom stereocenters. The van der Waals surface area contributed by atoms with Crippen LogP contribution in [-0.4, -0.2) is 6.29 Å². The zero-order valence-electron chi connectivity index (χ0n) is 11.5. The number of halogens is 6. The maximum atomic E-state index is 12.8. The zero-order valence-corrected chi connectivity index (χ0v) is 11.5. The molecule has 2 rings (SSSR count). The number of carbonyl (C=O) groups excluding carboxylic acids is 1. The lowest BCUT2D eigenvalue weighted by Crippen LogP contribution is -2.12. The standard InChI is InChI=1S/C16H10F6O/c17-15(18,19)13-6-12(7-14(8-13)16(20,21)22)5-10-1-3-11(9-23)4-2-10/h1-4,6-9H,5H2. The third kappa shape index (κ3) is 4.34. The first-order valence-corrected chi connectivity index (χ1v) is 6.42. The summed E-state index contributed by atoms with van der Waals surface area (Å²) < 4.78 is 76.6. The average molecular weight is 332 g/mol. The minimum atomic E-state index is -4.86. The van der Waals surface area contributed by atoms with Crippen LogP contribution in [0.25, 0.3) is 0 Å². The number of aldehydes is 1. The second-order valence-electron chi connectivity index (χ2n) is 4.95. The van der Waals surface area contributed by atoms with Crippen LogP contribution in [0.3, 0.4) is 0 Å². The number of carbonyl (C=O) groups is 1. The summed E-state index contributed by atoms with van der Waals surface area (Å²) in [6.45, 7) is 0. The smallest absolute Gasteiger partial charge is 0.298 e. The van der Waals surface area contributed by atoms with Crippen molar-refractivity contribution in [3.63, 3.8) is 0 Å². The summed E-state index contributed by atoms with van der Waals surface area (Å²) in [6.07, 6.45) is -9.24. The van der Waals surface area contributed by atoms with E-state index in [-0.39, 0.29) is 18.1 Å². The highest BCUT2D eigenvalue weighted by Crippen LogP contribution is 2.36. The quantitative estimate of drug-likeness (QED) is 0.563. The summed E-state index contributed by atoms with van der Waals surface area (Å²) >= 11 is 0. The predicted molar refractivity (Wildman–Crippen MR) is 71.1 cm³/mol. The van der Waals surface area contributed by atoms with Crippen LogP contribution in [0.4, 0.5) is 26.3 Å². The Labute approximate surface area is 127 Å². The lowest BCUT2D eigenvalue weighted by Gasteiger charge is -2.14. The number of rotatable bonds is 3. The molecular formula is C16H10F6O. The molecule has 0 amide bonds. The molecule has 0 saturated carbocycles. The van der Waals surface area contributed by atoms with Crippen molar-refractivity contribution in [3.05, 3.63) is 70.3 Å². The molecule has 0 saturated heterocycles. The minimum Gasteiger partial charge on any atom is -0.298 e. The summed E-state index contributed by atoms with van der Waals surface area (Å²) in [5.74, 6) is 0. The first kappa shape index (κ1) is 17.1. The Kier molecular flexibility index (Phi) is 4.49. The van der Waals surface area contributed by atoms with E-state index in [0.29, 0.717) is 29.5 Å². The van der Waals surface area contributed by atoms with Gasteiger partial charge in [-0.05, 0) is 35.7 Å². The molecule has 0 aliphatic rings. The van der Waals surface area contributed by atoms with Gasteiger partial charge in [0, 0.05) is 5.56 Å². The number of benzene rings is 2. The first-order chi connectivity index (χ1) is 10.6. The Balaban J connectivity index is 2.42. The molecule has 0 bridgehead atoms. The van der Waals surface area contributed by atoms with Gasteiger partial charge in [-0.1, -0.05) is 24.3 Å². The van der Waals surface area contributed by atoms with Crippen LogP contribution >= 0.6 is 0 Å². The molecule has 122 valence electrons. The van der Waals surface area contributed by atoms with Crippen molar-refractivity contribution in [1.82, 2.24) is 0 Å². The van der Waals surface area contributed by atoms with Crippen molar-refractivity contribution >= 4 is 6.29 Å². The highest BCUT2D eigenvalue weighted by Gasteiger charge is 2.36. The molecule has 23 heavy (non-hydrogen) atoms. The summed E-state index contributed by atoms with van der Waals surface area (Å²) in [5.41, 5.74) is -1.92. The molecule has 0 aromatic heterocycles. The lowest BCUT2D eigenvalue weighted by molar-refractivity contribution is -0.143. The largest absolute Gasteiger partial charge is 0.416 e. The second kappa shape index (κ2) is 6.06. The van der Waals surface area contributed by atoms with Crippen LogP contribution in [-0.2, 0) is 18.8 Å². The van der Waals surface area contributed by atoms with Crippen molar-refractivity contribution in [1.29, 1.82) is 0 Å². The summed E-state index contributed by atoms with van der Waals surface area (Å²) in [6, 6.07) is 7.35. The third-order valence-electron chi connectivity index (χ3n) is 3.17. The molecule has 0 N–H and O–H groups in total. The van der Waals surface area contributed by atoms with E-state index in [0.717, 1.165) is 0 Å². The molecule has 0 aliphatic carbocycles. The number of hydrogen-bond acceptors (Lipinski definition) is 1. The van der Waals surface area contributed by atoms with Gasteiger partial charge in [-0.15, -0.1) is 0 Å². The molecule has 0 spiro atoms. The van der Waals surface area contributed by atoms with Gasteiger partial charge in [0.25, 0.3) is 0 Å². The van der Waals surface area contributed by atoms with Gasteiger partial charge in [0.15, 0.2) is 0 Å². The van der Waals surface area contributed by atoms with Crippen molar-refractivity contribution in [2.75, 3.05) is 0 Å². The van der Waals surface area contributed by atoms with Gasteiger partial charge in [0.2, 0.25) is 0 Å². The summed E-state index contributed by atoms with van der Waals surface area (Å²) in [7, 11) is 0. The normalized spacial score (nSPS) is 12.3. The summed E-state index contributed by atoms with van der Waals surface area (Å²) in [4.78, 5) is 10.5. The predicted octanol–water partition coefficient (Wildman–Crippen LogP) is 5.13. The van der Waals surface area contributed by atoms with Gasteiger partial charge in [0.1, 0.15) is 6.29 Å². The molecule has 1 nitrogen and oxygen atoms in total. The monoisotopic (exact) mass is 332 g/mol. The van der Waals surface area contributed by atoms with Gasteiger partial charge < -0.3 is 0 Å². The fraction of sp³-hybridized carbons (Fsp3) is 0.188. The van der Waals surface area contributed by atoms with E-state index in [1.165, 1.54) is 24.3 Å². The summed E-state index contributed by atoms with van der Waals surface area (Å²) in [5, 5.41) is 0. The first-order valence-electron chi connectivity index (χ1n) is 6.42. The Bertz CT molecular complexity index is 666. The van der Waals surface area contributed by atoms with E-state index >= 15 is 0 Å². The van der Waals surface area contributed by atoms with Gasteiger partial charge in [-0.3, -0.25) is 4.79 Å². The average Bonchev–Trinajstić information content (AvgIpc) is 2.46. The van der Waals surface area contributed by atoms with Gasteiger partial charge in [0.05, 0.1) is 11.1 Å². The fourth-order valence-electron chi connectivity index (χ4n) is 2.07. The van der Waals surface area contributed by atoms with Gasteiger partial charge in [-0.25, -0.2) is 0 Å². The van der Waals surface area contributed by atoms with E-state index in [4.69, 9.17) is 0 Å². The van der Waals surface area contributed by atoms with Crippen LogP contribution in [0.5, 0.6) is 0 Å². The van der Waals surface area contributed by atoms with E-state index in [1.807, 2.05) is 0 Å². The lowest BCUT2D eigenvalue weighted by atomic mass is 9.98. The van der Waals surface area contributed by atoms with Gasteiger partial charge in [-0.2, -0.15) is 26.3 Å². The van der Waals surface area contributed by atoms with Gasteiger partial charge >= 0.3 is 12.4 Å². The van der Waals surface area contributed by atoms with Crippen LogP contribution < -0.4 is 0 Å². The molecule has 0 fully saturated rings. The van der Waals surface area contributed by atoms with Crippen molar-refractivity contribution in [2.45, 2.75) is 18.8 Å². The molecular weight excluding hydrogens is 322 g/mol. The van der Waals surface area contributed by atoms with Crippen LogP contribution in [0.1, 0.15) is 32.6 Å². The highest BCUT2D eigenvalue weighted by molar-refractivity contribution is 5.74. The maximum Gasteiger partial charge on any atom is 0.416 e. The molecule has 7 heteroatoms. The Morgan fingerprint density at radius 1 is 0.739 bits per heavy atom. The fourth-order valence-corrected chi connectivity index (χ4v) is 2.07. The Hall–Kier alpha value is -2.31. The minimum absolute atomic E-state index is 0.0962. The maximum absolute atomic E-state index is 12.8. The Morgan fingerprint density at radius 3 is 1.61 bits per heavy atom. The zero-order chi connectivity index (χ0) is 17.3. The second-order valence-corrected chi connectivity index (χ2v) is 4.95. The van der Waals surface area contributed by atoms with Crippen LogP contribution in [0, 0.1) is 0 Å². The third-order valence-corrected chi connectivity index (χ3v) is 3.17. The van der Waals surface area contributed by atoms with E-state index in [2.05, 4.69) is 0 Å². The van der Waals surface area contributed by atoms with Crippen molar-refractivity contribution < 1.29 is 31.1 Å². The molecule has 0 atom stereocenters. The number of hydrogen-bond donors (Lipinski definition) is 0.